The van der Waals surface area contributed by atoms with E-state index in [1.54, 1.807) is 18.3 Å². The summed E-state index contributed by atoms with van der Waals surface area (Å²) in [6.45, 7) is 0.409. The number of benzene rings is 3. The lowest BCUT2D eigenvalue weighted by atomic mass is 10.0. The van der Waals surface area contributed by atoms with Crippen molar-refractivity contribution >= 4 is 16.9 Å². The average molecular weight is 499 g/mol. The van der Waals surface area contributed by atoms with Gasteiger partial charge in [-0.15, -0.1) is 0 Å². The van der Waals surface area contributed by atoms with Gasteiger partial charge in [0.05, 0.1) is 25.3 Å². The molecule has 0 amide bonds. The number of aromatic nitrogens is 1. The molecule has 6 nitrogen and oxygen atoms in total. The van der Waals surface area contributed by atoms with Crippen molar-refractivity contribution in [3.63, 3.8) is 0 Å². The fraction of sp³-hybridized carbons (Fsp3) is 0.222. The molecule has 1 atom stereocenters. The molecule has 36 heavy (non-hydrogen) atoms. The van der Waals surface area contributed by atoms with Crippen LogP contribution in [0, 0.1) is 0 Å². The van der Waals surface area contributed by atoms with Gasteiger partial charge in [0.15, 0.2) is 11.5 Å². The van der Waals surface area contributed by atoms with Crippen molar-refractivity contribution in [2.75, 3.05) is 14.2 Å². The standard InChI is InChI=1S/C27H25F3N2O4/c1-35-23-12-20-21(16-32(22(20)13-24(23)36-2)15-17-7-4-3-5-8-17)25(26(33)34)31-14-18-9-6-10-19(11-18)27(28,29)30/h3-13,16,25,31H,14-15H2,1-2H3,(H,33,34). The molecule has 0 saturated carbocycles. The first kappa shape index (κ1) is 25.1. The SMILES string of the molecule is COc1cc2c(C(NCc3cccc(C(F)(F)F)c3)C(=O)O)cn(Cc3ccccc3)c2cc1OC. The summed E-state index contributed by atoms with van der Waals surface area (Å²) in [7, 11) is 3.01. The van der Waals surface area contributed by atoms with Crippen LogP contribution >= 0.6 is 0 Å². The smallest absolute Gasteiger partial charge is 0.416 e. The highest BCUT2D eigenvalue weighted by atomic mass is 19.4. The highest BCUT2D eigenvalue weighted by molar-refractivity contribution is 5.92. The number of carboxylic acids is 1. The maximum Gasteiger partial charge on any atom is 0.416 e. The Labute approximate surface area is 205 Å². The van der Waals surface area contributed by atoms with E-state index < -0.39 is 23.8 Å². The number of nitrogens with one attached hydrogen (secondary N) is 1. The Morgan fingerprint density at radius 3 is 2.28 bits per heavy atom. The van der Waals surface area contributed by atoms with Gasteiger partial charge in [-0.05, 0) is 23.3 Å². The molecule has 1 aromatic heterocycles. The number of halogens is 3. The molecule has 0 radical (unpaired) electrons. The lowest BCUT2D eigenvalue weighted by molar-refractivity contribution is -0.140. The highest BCUT2D eigenvalue weighted by Crippen LogP contribution is 2.37. The van der Waals surface area contributed by atoms with Crippen molar-refractivity contribution < 1.29 is 32.5 Å². The summed E-state index contributed by atoms with van der Waals surface area (Å²) in [5, 5.41) is 13.6. The second-order valence-corrected chi connectivity index (χ2v) is 8.27. The third-order valence-electron chi connectivity index (χ3n) is 5.94. The van der Waals surface area contributed by atoms with Gasteiger partial charge >= 0.3 is 12.1 Å². The number of alkyl halides is 3. The van der Waals surface area contributed by atoms with Crippen LogP contribution in [0.5, 0.6) is 11.5 Å². The molecule has 3 aromatic carbocycles. The Balaban J connectivity index is 1.75. The zero-order valence-electron chi connectivity index (χ0n) is 19.7. The monoisotopic (exact) mass is 498 g/mol. The molecule has 0 spiro atoms. The molecule has 4 rings (SSSR count). The number of fused-ring (bicyclic) bond motifs is 1. The van der Waals surface area contributed by atoms with Crippen molar-refractivity contribution in [1.29, 1.82) is 0 Å². The van der Waals surface area contributed by atoms with Crippen molar-refractivity contribution in [2.45, 2.75) is 25.3 Å². The van der Waals surface area contributed by atoms with Crippen LogP contribution in [0.3, 0.4) is 0 Å². The third-order valence-corrected chi connectivity index (χ3v) is 5.94. The van der Waals surface area contributed by atoms with Gasteiger partial charge < -0.3 is 19.1 Å². The predicted octanol–water partition coefficient (Wildman–Crippen LogP) is 5.64. The Kier molecular flexibility index (Phi) is 7.21. The fourth-order valence-corrected chi connectivity index (χ4v) is 4.19. The first-order valence-corrected chi connectivity index (χ1v) is 11.1. The number of hydrogen-bond acceptors (Lipinski definition) is 4. The van der Waals surface area contributed by atoms with E-state index in [1.165, 1.54) is 26.4 Å². The molecule has 4 aromatic rings. The molecule has 2 N–H and O–H groups in total. The lowest BCUT2D eigenvalue weighted by Crippen LogP contribution is -2.28. The Morgan fingerprint density at radius 2 is 1.64 bits per heavy atom. The largest absolute Gasteiger partial charge is 0.493 e. The number of methoxy groups -OCH3 is 2. The molecule has 188 valence electrons. The van der Waals surface area contributed by atoms with Crippen molar-refractivity contribution in [3.05, 3.63) is 95.2 Å². The summed E-state index contributed by atoms with van der Waals surface area (Å²) >= 11 is 0. The molecule has 0 aliphatic rings. The zero-order valence-corrected chi connectivity index (χ0v) is 19.7. The van der Waals surface area contributed by atoms with Crippen LogP contribution in [-0.2, 0) is 24.1 Å². The molecular formula is C27H25F3N2O4. The van der Waals surface area contributed by atoms with Crippen LogP contribution in [0.15, 0.2) is 72.9 Å². The summed E-state index contributed by atoms with van der Waals surface area (Å²) in [6.07, 6.45) is -2.74. The number of rotatable bonds is 9. The first-order valence-electron chi connectivity index (χ1n) is 11.1. The molecule has 1 heterocycles. The second-order valence-electron chi connectivity index (χ2n) is 8.27. The van der Waals surface area contributed by atoms with Gasteiger partial charge in [0, 0.05) is 36.3 Å². The van der Waals surface area contributed by atoms with Gasteiger partial charge in [0.25, 0.3) is 0 Å². The van der Waals surface area contributed by atoms with E-state index in [9.17, 15) is 23.1 Å². The summed E-state index contributed by atoms with van der Waals surface area (Å²) in [4.78, 5) is 12.3. The lowest BCUT2D eigenvalue weighted by Gasteiger charge is -2.16. The first-order chi connectivity index (χ1) is 17.2. The van der Waals surface area contributed by atoms with Gasteiger partial charge in [-0.1, -0.05) is 48.5 Å². The minimum atomic E-state index is -4.48. The maximum atomic E-state index is 13.1. The topological polar surface area (TPSA) is 72.7 Å². The highest BCUT2D eigenvalue weighted by Gasteiger charge is 2.31. The zero-order chi connectivity index (χ0) is 25.9. The number of hydrogen-bond donors (Lipinski definition) is 2. The van der Waals surface area contributed by atoms with Crippen LogP contribution in [-0.4, -0.2) is 29.9 Å². The van der Waals surface area contributed by atoms with Crippen LogP contribution < -0.4 is 14.8 Å². The van der Waals surface area contributed by atoms with Crippen LogP contribution in [0.2, 0.25) is 0 Å². The summed E-state index contributed by atoms with van der Waals surface area (Å²) in [5.41, 5.74) is 1.74. The van der Waals surface area contributed by atoms with E-state index in [1.807, 2.05) is 34.9 Å². The van der Waals surface area contributed by atoms with Crippen LogP contribution in [0.1, 0.15) is 28.3 Å². The quantitative estimate of drug-likeness (QED) is 0.313. The molecule has 1 unspecified atom stereocenters. The van der Waals surface area contributed by atoms with Gasteiger partial charge in [-0.3, -0.25) is 10.1 Å². The maximum absolute atomic E-state index is 13.1. The van der Waals surface area contributed by atoms with Crippen LogP contribution in [0.25, 0.3) is 10.9 Å². The van der Waals surface area contributed by atoms with E-state index >= 15 is 0 Å². The fourth-order valence-electron chi connectivity index (χ4n) is 4.19. The van der Waals surface area contributed by atoms with E-state index in [2.05, 4.69) is 5.32 Å². The molecule has 9 heteroatoms. The summed E-state index contributed by atoms with van der Waals surface area (Å²) < 4.78 is 52.1. The Morgan fingerprint density at radius 1 is 0.972 bits per heavy atom. The number of ether oxygens (including phenoxy) is 2. The van der Waals surface area contributed by atoms with Gasteiger partial charge in [0.2, 0.25) is 0 Å². The Hall–Kier alpha value is -3.98. The molecule has 0 bridgehead atoms. The predicted molar refractivity (Wildman–Crippen MR) is 129 cm³/mol. The Bertz CT molecular complexity index is 1370. The van der Waals surface area contributed by atoms with Crippen molar-refractivity contribution in [3.8, 4) is 11.5 Å². The molecule has 0 fully saturated rings. The van der Waals surface area contributed by atoms with E-state index in [0.717, 1.165) is 23.2 Å². The number of carboxylic acid groups (broad SMARTS) is 1. The minimum Gasteiger partial charge on any atom is -0.493 e. The minimum absolute atomic E-state index is 0.0699. The van der Waals surface area contributed by atoms with E-state index in [4.69, 9.17) is 9.47 Å². The molecular weight excluding hydrogens is 473 g/mol. The van der Waals surface area contributed by atoms with Crippen molar-refractivity contribution in [1.82, 2.24) is 9.88 Å². The van der Waals surface area contributed by atoms with Crippen LogP contribution in [0.4, 0.5) is 13.2 Å². The second kappa shape index (κ2) is 10.3. The third kappa shape index (κ3) is 5.31. The van der Waals surface area contributed by atoms with E-state index in [-0.39, 0.29) is 6.54 Å². The number of nitrogens with zero attached hydrogens (tertiary/aromatic N) is 1. The summed E-state index contributed by atoms with van der Waals surface area (Å²) in [6, 6.07) is 16.8. The molecule has 0 aliphatic carbocycles. The van der Waals surface area contributed by atoms with Gasteiger partial charge in [-0.25, -0.2) is 0 Å². The van der Waals surface area contributed by atoms with Gasteiger partial charge in [0.1, 0.15) is 6.04 Å². The van der Waals surface area contributed by atoms with Crippen molar-refractivity contribution in [2.24, 2.45) is 0 Å². The van der Waals surface area contributed by atoms with Gasteiger partial charge in [-0.2, -0.15) is 13.2 Å². The molecule has 0 saturated heterocycles. The number of carbonyl (C=O) groups is 1. The van der Waals surface area contributed by atoms with E-state index in [0.29, 0.717) is 34.6 Å². The number of aliphatic carboxylic acids is 1. The summed E-state index contributed by atoms with van der Waals surface area (Å²) in [5.74, 6) is -0.228. The molecule has 0 aliphatic heterocycles. The normalized spacial score (nSPS) is 12.5. The average Bonchev–Trinajstić information content (AvgIpc) is 3.20.